The molecule has 126 valence electrons. The standard InChI is InChI=1S/C18H32N2O2/c1-5-9-10-11-12-13-15-18(14-6-2,16(21)19-7-3)17(22)20-8-4/h6,12-13H,2,5,7-11,14-15H2,1,3-4H3,(H,19,21)(H,20,22). The van der Waals surface area contributed by atoms with Crippen LogP contribution in [-0.4, -0.2) is 24.9 Å². The zero-order valence-corrected chi connectivity index (χ0v) is 14.4. The first-order chi connectivity index (χ1) is 10.6. The number of hydrogen-bond donors (Lipinski definition) is 2. The average Bonchev–Trinajstić information content (AvgIpc) is 2.50. The van der Waals surface area contributed by atoms with Crippen LogP contribution in [0.15, 0.2) is 24.8 Å². The van der Waals surface area contributed by atoms with E-state index < -0.39 is 5.41 Å². The van der Waals surface area contributed by atoms with Gasteiger partial charge in [-0.2, -0.15) is 0 Å². The van der Waals surface area contributed by atoms with Crippen LogP contribution in [0.5, 0.6) is 0 Å². The molecule has 0 radical (unpaired) electrons. The molecule has 0 fully saturated rings. The topological polar surface area (TPSA) is 58.2 Å². The lowest BCUT2D eigenvalue weighted by molar-refractivity contribution is -0.143. The normalized spacial score (nSPS) is 11.4. The molecule has 4 heteroatoms. The first-order valence-corrected chi connectivity index (χ1v) is 8.41. The minimum atomic E-state index is -1.09. The Hall–Kier alpha value is -1.58. The molecule has 4 nitrogen and oxygen atoms in total. The number of hydrogen-bond acceptors (Lipinski definition) is 2. The summed E-state index contributed by atoms with van der Waals surface area (Å²) in [6.45, 7) is 10.6. The van der Waals surface area contributed by atoms with Crippen molar-refractivity contribution in [1.82, 2.24) is 10.6 Å². The van der Waals surface area contributed by atoms with E-state index >= 15 is 0 Å². The van der Waals surface area contributed by atoms with Crippen LogP contribution in [0.1, 0.15) is 59.3 Å². The Labute approximate surface area is 135 Å². The van der Waals surface area contributed by atoms with Crippen molar-refractivity contribution in [1.29, 1.82) is 0 Å². The predicted octanol–water partition coefficient (Wildman–Crippen LogP) is 3.35. The second-order valence-electron chi connectivity index (χ2n) is 5.47. The molecule has 2 N–H and O–H groups in total. The number of rotatable bonds is 12. The molecule has 0 bridgehead atoms. The molecule has 0 aliphatic heterocycles. The van der Waals surface area contributed by atoms with Crippen LogP contribution >= 0.6 is 0 Å². The van der Waals surface area contributed by atoms with E-state index in [-0.39, 0.29) is 11.8 Å². The zero-order chi connectivity index (χ0) is 16.8. The molecule has 0 aromatic heterocycles. The van der Waals surface area contributed by atoms with Crippen molar-refractivity contribution >= 4 is 11.8 Å². The van der Waals surface area contributed by atoms with Crippen molar-refractivity contribution in [3.8, 4) is 0 Å². The van der Waals surface area contributed by atoms with Crippen molar-refractivity contribution in [2.24, 2.45) is 5.41 Å². The Morgan fingerprint density at radius 2 is 1.55 bits per heavy atom. The molecule has 0 rings (SSSR count). The number of carbonyl (C=O) groups is 2. The van der Waals surface area contributed by atoms with Gasteiger partial charge in [0, 0.05) is 13.1 Å². The minimum Gasteiger partial charge on any atom is -0.355 e. The summed E-state index contributed by atoms with van der Waals surface area (Å²) in [5, 5.41) is 5.58. The van der Waals surface area contributed by atoms with Crippen LogP contribution in [0.3, 0.4) is 0 Å². The average molecular weight is 308 g/mol. The highest BCUT2D eigenvalue weighted by molar-refractivity contribution is 6.05. The fourth-order valence-corrected chi connectivity index (χ4v) is 2.38. The van der Waals surface area contributed by atoms with Gasteiger partial charge in [-0.3, -0.25) is 9.59 Å². The van der Waals surface area contributed by atoms with Crippen LogP contribution in [0, 0.1) is 5.41 Å². The van der Waals surface area contributed by atoms with E-state index in [1.54, 1.807) is 6.08 Å². The number of allylic oxidation sites excluding steroid dienone is 3. The van der Waals surface area contributed by atoms with Crippen LogP contribution in [0.2, 0.25) is 0 Å². The first kappa shape index (κ1) is 20.4. The van der Waals surface area contributed by atoms with Gasteiger partial charge < -0.3 is 10.6 Å². The Morgan fingerprint density at radius 1 is 0.955 bits per heavy atom. The maximum absolute atomic E-state index is 12.5. The van der Waals surface area contributed by atoms with Gasteiger partial charge in [0.25, 0.3) is 0 Å². The first-order valence-electron chi connectivity index (χ1n) is 8.41. The molecule has 0 saturated carbocycles. The van der Waals surface area contributed by atoms with E-state index in [2.05, 4.69) is 30.2 Å². The lowest BCUT2D eigenvalue weighted by Crippen LogP contribution is -2.51. The van der Waals surface area contributed by atoms with Gasteiger partial charge in [0.2, 0.25) is 11.8 Å². The van der Waals surface area contributed by atoms with Crippen molar-refractivity contribution in [3.63, 3.8) is 0 Å². The van der Waals surface area contributed by atoms with Gasteiger partial charge in [-0.1, -0.05) is 38.0 Å². The van der Waals surface area contributed by atoms with Gasteiger partial charge in [-0.05, 0) is 39.5 Å². The van der Waals surface area contributed by atoms with Crippen LogP contribution < -0.4 is 10.6 Å². The SMILES string of the molecule is C=CCC(CC=CCCCCC)(C(=O)NCC)C(=O)NCC. The molecule has 0 spiro atoms. The summed E-state index contributed by atoms with van der Waals surface area (Å²) in [7, 11) is 0. The fraction of sp³-hybridized carbons (Fsp3) is 0.667. The van der Waals surface area contributed by atoms with Crippen LogP contribution in [0.25, 0.3) is 0 Å². The van der Waals surface area contributed by atoms with Gasteiger partial charge in [0.1, 0.15) is 5.41 Å². The molecule has 0 unspecified atom stereocenters. The molecule has 0 saturated heterocycles. The number of carbonyl (C=O) groups excluding carboxylic acids is 2. The maximum Gasteiger partial charge on any atom is 0.236 e. The third-order valence-electron chi connectivity index (χ3n) is 3.64. The molecule has 0 heterocycles. The maximum atomic E-state index is 12.5. The Bertz CT molecular complexity index is 357. The third-order valence-corrected chi connectivity index (χ3v) is 3.64. The quantitative estimate of drug-likeness (QED) is 0.330. The second-order valence-corrected chi connectivity index (χ2v) is 5.47. The summed E-state index contributed by atoms with van der Waals surface area (Å²) in [5.41, 5.74) is -1.09. The second kappa shape index (κ2) is 12.0. The van der Waals surface area contributed by atoms with E-state index in [0.717, 1.165) is 12.8 Å². The van der Waals surface area contributed by atoms with Crippen molar-refractivity contribution in [2.75, 3.05) is 13.1 Å². The summed E-state index contributed by atoms with van der Waals surface area (Å²) in [6.07, 6.45) is 10.9. The summed E-state index contributed by atoms with van der Waals surface area (Å²) < 4.78 is 0. The molecule has 0 aliphatic carbocycles. The Morgan fingerprint density at radius 3 is 2.00 bits per heavy atom. The van der Waals surface area contributed by atoms with E-state index in [0.29, 0.717) is 25.9 Å². The Kier molecular flexibility index (Phi) is 11.2. The van der Waals surface area contributed by atoms with Gasteiger partial charge in [0.15, 0.2) is 0 Å². The number of nitrogens with one attached hydrogen (secondary N) is 2. The van der Waals surface area contributed by atoms with Crippen LogP contribution in [-0.2, 0) is 9.59 Å². The number of unbranched alkanes of at least 4 members (excludes halogenated alkanes) is 3. The summed E-state index contributed by atoms with van der Waals surface area (Å²) in [6, 6.07) is 0. The molecule has 22 heavy (non-hydrogen) atoms. The number of amides is 2. The molecule has 0 aliphatic rings. The van der Waals surface area contributed by atoms with Crippen molar-refractivity contribution in [2.45, 2.75) is 59.3 Å². The highest BCUT2D eigenvalue weighted by atomic mass is 16.2. The summed E-state index contributed by atoms with van der Waals surface area (Å²) >= 11 is 0. The summed E-state index contributed by atoms with van der Waals surface area (Å²) in [5.74, 6) is -0.446. The molecule has 2 amide bonds. The highest BCUT2D eigenvalue weighted by Gasteiger charge is 2.43. The fourth-order valence-electron chi connectivity index (χ4n) is 2.38. The monoisotopic (exact) mass is 308 g/mol. The highest BCUT2D eigenvalue weighted by Crippen LogP contribution is 2.29. The van der Waals surface area contributed by atoms with Gasteiger partial charge in [-0.25, -0.2) is 0 Å². The van der Waals surface area contributed by atoms with Gasteiger partial charge in [-0.15, -0.1) is 6.58 Å². The predicted molar refractivity (Wildman–Crippen MR) is 92.5 cm³/mol. The lowest BCUT2D eigenvalue weighted by Gasteiger charge is -2.29. The van der Waals surface area contributed by atoms with E-state index in [4.69, 9.17) is 0 Å². The van der Waals surface area contributed by atoms with Crippen molar-refractivity contribution in [3.05, 3.63) is 24.8 Å². The molecular weight excluding hydrogens is 276 g/mol. The smallest absolute Gasteiger partial charge is 0.236 e. The van der Waals surface area contributed by atoms with Crippen LogP contribution in [0.4, 0.5) is 0 Å². The van der Waals surface area contributed by atoms with E-state index in [1.807, 2.05) is 19.9 Å². The van der Waals surface area contributed by atoms with E-state index in [9.17, 15) is 9.59 Å². The van der Waals surface area contributed by atoms with Crippen molar-refractivity contribution < 1.29 is 9.59 Å². The minimum absolute atomic E-state index is 0.223. The lowest BCUT2D eigenvalue weighted by atomic mass is 9.78. The summed E-state index contributed by atoms with van der Waals surface area (Å²) in [4.78, 5) is 25.0. The molecular formula is C18H32N2O2. The van der Waals surface area contributed by atoms with Gasteiger partial charge in [0.05, 0.1) is 0 Å². The Balaban J connectivity index is 5.05. The zero-order valence-electron chi connectivity index (χ0n) is 14.4. The third kappa shape index (κ3) is 6.46. The van der Waals surface area contributed by atoms with E-state index in [1.165, 1.54) is 12.8 Å². The molecule has 0 aromatic carbocycles. The van der Waals surface area contributed by atoms with Gasteiger partial charge >= 0.3 is 0 Å². The largest absolute Gasteiger partial charge is 0.355 e. The molecule has 0 atom stereocenters. The molecule has 0 aromatic rings.